The molecule has 0 amide bonds. The van der Waals surface area contributed by atoms with Crippen molar-refractivity contribution in [1.82, 2.24) is 19.9 Å². The van der Waals surface area contributed by atoms with Crippen LogP contribution in [0.15, 0.2) is 66.0 Å². The molecule has 0 aliphatic rings. The molecule has 0 radical (unpaired) electrons. The van der Waals surface area contributed by atoms with Gasteiger partial charge in [-0.1, -0.05) is 44.5 Å². The SMILES string of the molecule is COc1ccc(Cl)c(Oc2c(NS(=O)(=O)c3ccc(C(C)(C)C)cc3)nc(C)nc2OCCOC(=O)OCc2ccncn2)c1. The highest BCUT2D eigenvalue weighted by molar-refractivity contribution is 7.92. The fourth-order valence-corrected chi connectivity index (χ4v) is 4.92. The van der Waals surface area contributed by atoms with Crippen LogP contribution in [-0.2, 0) is 31.5 Å². The molecule has 15 heteroatoms. The first-order chi connectivity index (χ1) is 21.4. The Morgan fingerprint density at radius 3 is 2.42 bits per heavy atom. The van der Waals surface area contributed by atoms with Gasteiger partial charge in [0, 0.05) is 12.3 Å². The number of carbonyl (C=O) groups excluding carboxylic acids is 1. The van der Waals surface area contributed by atoms with Gasteiger partial charge >= 0.3 is 6.16 Å². The highest BCUT2D eigenvalue weighted by Gasteiger charge is 2.25. The fourth-order valence-electron chi connectivity index (χ4n) is 3.76. The lowest BCUT2D eigenvalue weighted by molar-refractivity contribution is 0.0399. The zero-order valence-corrected chi connectivity index (χ0v) is 26.8. The van der Waals surface area contributed by atoms with Crippen molar-refractivity contribution in [2.45, 2.75) is 44.6 Å². The molecular formula is C30H32ClN5O8S. The number of rotatable bonds is 12. The number of benzene rings is 2. The van der Waals surface area contributed by atoms with E-state index in [1.807, 2.05) is 20.8 Å². The summed E-state index contributed by atoms with van der Waals surface area (Å²) >= 11 is 6.38. The second-order valence-electron chi connectivity index (χ2n) is 10.5. The molecule has 13 nitrogen and oxygen atoms in total. The molecule has 45 heavy (non-hydrogen) atoms. The molecule has 0 bridgehead atoms. The number of halogens is 1. The van der Waals surface area contributed by atoms with Crippen LogP contribution >= 0.6 is 11.6 Å². The Bertz CT molecular complexity index is 1730. The average Bonchev–Trinajstić information content (AvgIpc) is 3.00. The normalized spacial score (nSPS) is 11.4. The largest absolute Gasteiger partial charge is 0.508 e. The molecule has 0 saturated heterocycles. The van der Waals surface area contributed by atoms with Crippen molar-refractivity contribution in [3.05, 3.63) is 83.2 Å². The van der Waals surface area contributed by atoms with Gasteiger partial charge in [0.2, 0.25) is 5.75 Å². The Labute approximate surface area is 265 Å². The maximum atomic E-state index is 13.5. The van der Waals surface area contributed by atoms with E-state index in [0.717, 1.165) is 5.56 Å². The van der Waals surface area contributed by atoms with Crippen LogP contribution < -0.4 is 18.9 Å². The molecule has 1 N–H and O–H groups in total. The van der Waals surface area contributed by atoms with Gasteiger partial charge in [-0.05, 0) is 48.2 Å². The van der Waals surface area contributed by atoms with Crippen LogP contribution in [0.4, 0.5) is 10.6 Å². The smallest absolute Gasteiger partial charge is 0.497 e. The predicted molar refractivity (Wildman–Crippen MR) is 164 cm³/mol. The van der Waals surface area contributed by atoms with Crippen LogP contribution in [-0.4, -0.2) is 54.8 Å². The zero-order valence-electron chi connectivity index (χ0n) is 25.2. The van der Waals surface area contributed by atoms with Crippen molar-refractivity contribution in [1.29, 1.82) is 0 Å². The van der Waals surface area contributed by atoms with Gasteiger partial charge in [-0.15, -0.1) is 0 Å². The molecule has 2 aromatic carbocycles. The van der Waals surface area contributed by atoms with Crippen molar-refractivity contribution < 1.29 is 36.9 Å². The van der Waals surface area contributed by atoms with E-state index in [0.29, 0.717) is 11.4 Å². The van der Waals surface area contributed by atoms with E-state index < -0.39 is 16.2 Å². The van der Waals surface area contributed by atoms with Crippen LogP contribution in [0.25, 0.3) is 0 Å². The van der Waals surface area contributed by atoms with E-state index in [9.17, 15) is 13.2 Å². The number of hydrogen-bond acceptors (Lipinski definition) is 12. The minimum Gasteiger partial charge on any atom is -0.497 e. The first-order valence-electron chi connectivity index (χ1n) is 13.6. The van der Waals surface area contributed by atoms with Crippen molar-refractivity contribution in [3.63, 3.8) is 0 Å². The van der Waals surface area contributed by atoms with Gasteiger partial charge in [0.1, 0.15) is 43.5 Å². The van der Waals surface area contributed by atoms with Crippen molar-refractivity contribution >= 4 is 33.6 Å². The summed E-state index contributed by atoms with van der Waals surface area (Å²) in [6.07, 6.45) is 1.91. The number of carbonyl (C=O) groups is 1. The van der Waals surface area contributed by atoms with E-state index in [4.69, 9.17) is 35.3 Å². The van der Waals surface area contributed by atoms with Gasteiger partial charge in [0.05, 0.1) is 22.7 Å². The van der Waals surface area contributed by atoms with E-state index in [-0.39, 0.29) is 64.2 Å². The molecule has 0 aliphatic carbocycles. The summed E-state index contributed by atoms with van der Waals surface area (Å²) in [6, 6.07) is 12.8. The molecule has 0 aliphatic heterocycles. The number of aryl methyl sites for hydroxylation is 1. The Kier molecular flexibility index (Phi) is 10.6. The molecule has 2 heterocycles. The van der Waals surface area contributed by atoms with Gasteiger partial charge in [0.15, 0.2) is 5.82 Å². The summed E-state index contributed by atoms with van der Waals surface area (Å²) in [4.78, 5) is 28.3. The first-order valence-corrected chi connectivity index (χ1v) is 15.4. The number of hydrogen-bond donors (Lipinski definition) is 1. The number of ether oxygens (including phenoxy) is 5. The van der Waals surface area contributed by atoms with Gasteiger partial charge in [-0.3, -0.25) is 4.72 Å². The molecule has 0 fully saturated rings. The lowest BCUT2D eigenvalue weighted by Gasteiger charge is -2.20. The topological polar surface area (TPSA) is 161 Å². The van der Waals surface area contributed by atoms with Gasteiger partial charge in [0.25, 0.3) is 15.9 Å². The van der Waals surface area contributed by atoms with Gasteiger partial charge < -0.3 is 23.7 Å². The monoisotopic (exact) mass is 657 g/mol. The summed E-state index contributed by atoms with van der Waals surface area (Å²) in [6.45, 7) is 7.11. The summed E-state index contributed by atoms with van der Waals surface area (Å²) in [5, 5.41) is 0.198. The lowest BCUT2D eigenvalue weighted by atomic mass is 9.87. The Morgan fingerprint density at radius 2 is 1.76 bits per heavy atom. The van der Waals surface area contributed by atoms with E-state index in [1.54, 1.807) is 37.3 Å². The second-order valence-corrected chi connectivity index (χ2v) is 12.6. The molecular weight excluding hydrogens is 626 g/mol. The minimum atomic E-state index is -4.14. The molecule has 4 aromatic rings. The maximum absolute atomic E-state index is 13.5. The standard InChI is InChI=1S/C30H32ClN5O8S/c1-19-34-27(36-45(38,39)23-9-6-20(7-10-23)30(2,3)4)26(44-25-16-22(40-5)8-11-24(25)31)28(35-19)41-14-15-42-29(37)43-17-21-12-13-32-18-33-21/h6-13,16,18H,14-15,17H2,1-5H3,(H,34,35,36). The summed E-state index contributed by atoms with van der Waals surface area (Å²) in [5.41, 5.74) is 1.29. The van der Waals surface area contributed by atoms with Gasteiger partial charge in [-0.25, -0.2) is 28.2 Å². The molecule has 238 valence electrons. The first kappa shape index (κ1) is 33.2. The van der Waals surface area contributed by atoms with E-state index in [1.165, 1.54) is 37.8 Å². The van der Waals surface area contributed by atoms with Crippen molar-refractivity contribution in [3.8, 4) is 23.1 Å². The summed E-state index contributed by atoms with van der Waals surface area (Å²) < 4.78 is 56.6. The Balaban J connectivity index is 1.57. The Morgan fingerprint density at radius 1 is 1.00 bits per heavy atom. The van der Waals surface area contributed by atoms with Crippen LogP contribution in [0, 0.1) is 6.92 Å². The number of sulfonamides is 1. The Hall–Kier alpha value is -4.69. The number of nitrogens with zero attached hydrogens (tertiary/aromatic N) is 4. The average molecular weight is 658 g/mol. The molecule has 0 unspecified atom stereocenters. The number of aromatic nitrogens is 4. The van der Waals surface area contributed by atoms with E-state index >= 15 is 0 Å². The van der Waals surface area contributed by atoms with Crippen LogP contribution in [0.1, 0.15) is 37.9 Å². The highest BCUT2D eigenvalue weighted by atomic mass is 35.5. The summed E-state index contributed by atoms with van der Waals surface area (Å²) in [7, 11) is -2.67. The van der Waals surface area contributed by atoms with Crippen LogP contribution in [0.3, 0.4) is 0 Å². The molecule has 2 aromatic heterocycles. The maximum Gasteiger partial charge on any atom is 0.508 e. The predicted octanol–water partition coefficient (Wildman–Crippen LogP) is 5.86. The molecule has 0 atom stereocenters. The van der Waals surface area contributed by atoms with Gasteiger partial charge in [-0.2, -0.15) is 4.98 Å². The fraction of sp³-hybridized carbons (Fsp3) is 0.300. The quantitative estimate of drug-likeness (QED) is 0.143. The minimum absolute atomic E-state index is 0.00785. The molecule has 0 saturated carbocycles. The molecule has 4 rings (SSSR count). The van der Waals surface area contributed by atoms with E-state index in [2.05, 4.69) is 24.7 Å². The number of methoxy groups -OCH3 is 1. The summed E-state index contributed by atoms with van der Waals surface area (Å²) in [5.74, 6) is 0.186. The third-order valence-electron chi connectivity index (χ3n) is 6.08. The van der Waals surface area contributed by atoms with Crippen molar-refractivity contribution in [2.75, 3.05) is 25.0 Å². The third-order valence-corrected chi connectivity index (χ3v) is 7.75. The van der Waals surface area contributed by atoms with Crippen LogP contribution in [0.5, 0.6) is 23.1 Å². The lowest BCUT2D eigenvalue weighted by Crippen LogP contribution is -2.18. The third kappa shape index (κ3) is 9.16. The van der Waals surface area contributed by atoms with Crippen LogP contribution in [0.2, 0.25) is 5.02 Å². The number of nitrogens with one attached hydrogen (secondary N) is 1. The highest BCUT2D eigenvalue weighted by Crippen LogP contribution is 2.41. The molecule has 0 spiro atoms. The number of anilines is 1. The second kappa shape index (κ2) is 14.4. The zero-order chi connectivity index (χ0) is 32.6. The van der Waals surface area contributed by atoms with Crippen molar-refractivity contribution in [2.24, 2.45) is 0 Å².